The third-order valence-corrected chi connectivity index (χ3v) is 6.68. The fourth-order valence-electron chi connectivity index (χ4n) is 4.55. The van der Waals surface area contributed by atoms with Crippen molar-refractivity contribution in [3.8, 4) is 22.8 Å². The van der Waals surface area contributed by atoms with Crippen molar-refractivity contribution < 1.29 is 23.1 Å². The van der Waals surface area contributed by atoms with Crippen LogP contribution >= 0.6 is 11.6 Å². The minimum atomic E-state index is -4.54. The molecule has 0 spiro atoms. The summed E-state index contributed by atoms with van der Waals surface area (Å²) in [5, 5.41) is 20.2. The number of carbonyl (C=O) groups is 1. The summed E-state index contributed by atoms with van der Waals surface area (Å²) < 4.78 is 43.8. The minimum Gasteiger partial charge on any atom is -0.378 e. The highest BCUT2D eigenvalue weighted by atomic mass is 35.5. The van der Waals surface area contributed by atoms with Crippen molar-refractivity contribution in [2.45, 2.75) is 51.7 Å². The lowest BCUT2D eigenvalue weighted by Gasteiger charge is -2.36. The van der Waals surface area contributed by atoms with Crippen LogP contribution in [0.5, 0.6) is 0 Å². The fraction of sp³-hybridized carbons (Fsp3) is 0.360. The summed E-state index contributed by atoms with van der Waals surface area (Å²) in [4.78, 5) is 18.4. The normalized spacial score (nSPS) is 17.9. The molecule has 38 heavy (non-hydrogen) atoms. The smallest absolute Gasteiger partial charge is 0.378 e. The zero-order valence-electron chi connectivity index (χ0n) is 21.0. The second-order valence-corrected chi connectivity index (χ2v) is 10.3. The number of imidazole rings is 1. The molecule has 0 saturated carbocycles. The second-order valence-electron chi connectivity index (χ2n) is 9.85. The van der Waals surface area contributed by atoms with E-state index in [4.69, 9.17) is 11.6 Å². The van der Waals surface area contributed by atoms with E-state index in [0.29, 0.717) is 33.4 Å². The molecule has 13 heteroatoms. The fourth-order valence-corrected chi connectivity index (χ4v) is 4.78. The van der Waals surface area contributed by atoms with Gasteiger partial charge in [-0.05, 0) is 26.3 Å². The molecule has 0 fully saturated rings. The number of carbonyl (C=O) groups excluding carboxylic acids is 1. The molecule has 1 N–H and O–H groups in total. The Balaban J connectivity index is 1.47. The van der Waals surface area contributed by atoms with E-state index in [2.05, 4.69) is 15.2 Å². The van der Waals surface area contributed by atoms with Crippen molar-refractivity contribution in [1.82, 2.24) is 29.1 Å². The first-order valence-electron chi connectivity index (χ1n) is 11.8. The predicted molar refractivity (Wildman–Crippen MR) is 134 cm³/mol. The van der Waals surface area contributed by atoms with Gasteiger partial charge in [-0.2, -0.15) is 23.4 Å². The molecule has 4 aromatic rings. The Morgan fingerprint density at radius 1 is 1.21 bits per heavy atom. The Bertz CT molecular complexity index is 1520. The molecule has 1 amide bonds. The van der Waals surface area contributed by atoms with Gasteiger partial charge in [0, 0.05) is 30.9 Å². The van der Waals surface area contributed by atoms with Crippen LogP contribution in [-0.2, 0) is 31.1 Å². The summed E-state index contributed by atoms with van der Waals surface area (Å²) in [5.41, 5.74) is -0.356. The molecule has 0 aliphatic carbocycles. The SMILES string of the molecule is CC(C)n1ncc(Cl)c1-c1cc2n(n1)CC(C)(O)C(=O)N2Cc1ccc(-c2nc(C(F)(F)F)cn2C)cc1. The molecular weight excluding hydrogens is 523 g/mol. The van der Waals surface area contributed by atoms with Gasteiger partial charge in [0.1, 0.15) is 23.0 Å². The molecule has 3 aromatic heterocycles. The van der Waals surface area contributed by atoms with Gasteiger partial charge in [-0.15, -0.1) is 0 Å². The van der Waals surface area contributed by atoms with Crippen LogP contribution in [-0.4, -0.2) is 45.7 Å². The summed E-state index contributed by atoms with van der Waals surface area (Å²) in [5.74, 6) is 0.150. The summed E-state index contributed by atoms with van der Waals surface area (Å²) in [7, 11) is 1.50. The number of fused-ring (bicyclic) bond motifs is 1. The van der Waals surface area contributed by atoms with E-state index in [0.717, 1.165) is 6.20 Å². The Morgan fingerprint density at radius 3 is 2.50 bits per heavy atom. The van der Waals surface area contributed by atoms with Gasteiger partial charge in [0.05, 0.1) is 24.3 Å². The van der Waals surface area contributed by atoms with Gasteiger partial charge >= 0.3 is 6.18 Å². The molecule has 1 unspecified atom stereocenters. The van der Waals surface area contributed by atoms with E-state index < -0.39 is 23.4 Å². The van der Waals surface area contributed by atoms with Crippen LogP contribution in [0.1, 0.15) is 38.1 Å². The number of alkyl halides is 3. The Labute approximate surface area is 221 Å². The molecule has 0 saturated heterocycles. The third kappa shape index (κ3) is 4.47. The quantitative estimate of drug-likeness (QED) is 0.391. The first-order chi connectivity index (χ1) is 17.8. The van der Waals surface area contributed by atoms with Gasteiger partial charge < -0.3 is 9.67 Å². The standard InChI is InChI=1S/C25H25ClF3N7O2/c1-14(2)36-21(17(26)10-30-36)18-9-20-34(23(37)24(3,38)13-35(20)32-18)11-15-5-7-16(8-6-15)22-31-19(12-33(22)4)25(27,28)29/h5-10,12,14,38H,11,13H2,1-4H3. The highest BCUT2D eigenvalue weighted by Gasteiger charge is 2.42. The molecule has 1 aliphatic rings. The van der Waals surface area contributed by atoms with Gasteiger partial charge in [-0.1, -0.05) is 35.9 Å². The third-order valence-electron chi connectivity index (χ3n) is 6.40. The first-order valence-corrected chi connectivity index (χ1v) is 12.2. The molecule has 1 aromatic carbocycles. The van der Waals surface area contributed by atoms with Crippen LogP contribution in [0.3, 0.4) is 0 Å². The first kappa shape index (κ1) is 26.0. The number of anilines is 1. The van der Waals surface area contributed by atoms with Crippen molar-refractivity contribution >= 4 is 23.3 Å². The van der Waals surface area contributed by atoms with Crippen molar-refractivity contribution in [1.29, 1.82) is 0 Å². The number of aliphatic hydroxyl groups is 1. The van der Waals surface area contributed by atoms with Crippen molar-refractivity contribution in [2.24, 2.45) is 7.05 Å². The number of aryl methyl sites for hydroxylation is 1. The van der Waals surface area contributed by atoms with E-state index >= 15 is 0 Å². The molecule has 0 bridgehead atoms. The van der Waals surface area contributed by atoms with E-state index in [1.165, 1.54) is 29.6 Å². The molecule has 9 nitrogen and oxygen atoms in total. The number of amides is 1. The van der Waals surface area contributed by atoms with Gasteiger partial charge in [-0.25, -0.2) is 9.67 Å². The summed E-state index contributed by atoms with van der Waals surface area (Å²) >= 11 is 6.41. The highest BCUT2D eigenvalue weighted by molar-refractivity contribution is 6.33. The molecule has 4 heterocycles. The zero-order valence-corrected chi connectivity index (χ0v) is 21.8. The Kier molecular flexibility index (Phi) is 6.14. The number of aromatic nitrogens is 6. The summed E-state index contributed by atoms with van der Waals surface area (Å²) in [6, 6.07) is 8.46. The van der Waals surface area contributed by atoms with Gasteiger partial charge in [0.15, 0.2) is 11.3 Å². The van der Waals surface area contributed by atoms with Gasteiger partial charge in [0.2, 0.25) is 0 Å². The molecular formula is C25H25ClF3N7O2. The van der Waals surface area contributed by atoms with E-state index in [1.54, 1.807) is 39.7 Å². The van der Waals surface area contributed by atoms with Crippen molar-refractivity contribution in [3.05, 3.63) is 59.0 Å². The largest absolute Gasteiger partial charge is 0.434 e. The van der Waals surface area contributed by atoms with Gasteiger partial charge in [0.25, 0.3) is 5.91 Å². The lowest BCUT2D eigenvalue weighted by molar-refractivity contribution is -0.141. The van der Waals surface area contributed by atoms with Crippen LogP contribution in [0.15, 0.2) is 42.7 Å². The minimum absolute atomic E-state index is 0.0153. The molecule has 0 radical (unpaired) electrons. The van der Waals surface area contributed by atoms with Crippen LogP contribution in [0, 0.1) is 0 Å². The zero-order chi connectivity index (χ0) is 27.6. The van der Waals surface area contributed by atoms with Crippen LogP contribution in [0.4, 0.5) is 19.0 Å². The van der Waals surface area contributed by atoms with Crippen molar-refractivity contribution in [3.63, 3.8) is 0 Å². The number of benzene rings is 1. The number of hydrogen-bond acceptors (Lipinski definition) is 5. The Morgan fingerprint density at radius 2 is 1.89 bits per heavy atom. The van der Waals surface area contributed by atoms with E-state index in [1.807, 2.05) is 13.8 Å². The lowest BCUT2D eigenvalue weighted by atomic mass is 10.0. The molecule has 1 atom stereocenters. The van der Waals surface area contributed by atoms with Gasteiger partial charge in [-0.3, -0.25) is 14.4 Å². The second kappa shape index (κ2) is 8.98. The summed E-state index contributed by atoms with van der Waals surface area (Å²) in [6.45, 7) is 5.42. The maximum atomic E-state index is 13.3. The maximum absolute atomic E-state index is 13.3. The highest BCUT2D eigenvalue weighted by Crippen LogP contribution is 2.36. The topological polar surface area (TPSA) is 94.0 Å². The average molecular weight is 548 g/mol. The number of nitrogens with zero attached hydrogens (tertiary/aromatic N) is 7. The number of hydrogen-bond donors (Lipinski definition) is 1. The lowest BCUT2D eigenvalue weighted by Crippen LogP contribution is -2.54. The van der Waals surface area contributed by atoms with Crippen LogP contribution in [0.25, 0.3) is 22.8 Å². The molecule has 5 rings (SSSR count). The monoisotopic (exact) mass is 547 g/mol. The number of halogens is 4. The molecule has 200 valence electrons. The average Bonchev–Trinajstić information content (AvgIpc) is 3.53. The van der Waals surface area contributed by atoms with E-state index in [-0.39, 0.29) is 25.0 Å². The van der Waals surface area contributed by atoms with E-state index in [9.17, 15) is 23.1 Å². The maximum Gasteiger partial charge on any atom is 0.434 e. The Hall–Kier alpha value is -3.64. The van der Waals surface area contributed by atoms with Crippen LogP contribution in [0.2, 0.25) is 5.02 Å². The molecule has 1 aliphatic heterocycles. The van der Waals surface area contributed by atoms with Crippen molar-refractivity contribution in [2.75, 3.05) is 4.90 Å². The van der Waals surface area contributed by atoms with Crippen LogP contribution < -0.4 is 4.90 Å². The predicted octanol–water partition coefficient (Wildman–Crippen LogP) is 4.70. The number of rotatable bonds is 5. The summed E-state index contributed by atoms with van der Waals surface area (Å²) in [6.07, 6.45) is -2.07.